The summed E-state index contributed by atoms with van der Waals surface area (Å²) in [5, 5.41) is 0. The Bertz CT molecular complexity index is 278. The highest BCUT2D eigenvalue weighted by molar-refractivity contribution is 5.18. The molecule has 0 aromatic carbocycles. The van der Waals surface area contributed by atoms with E-state index in [1.165, 1.54) is 49.7 Å². The molecule has 15 heavy (non-hydrogen) atoms. The Morgan fingerprint density at radius 3 is 2.73 bits per heavy atom. The third-order valence-electron chi connectivity index (χ3n) is 4.88. The molecule has 2 aliphatic rings. The minimum absolute atomic E-state index is 0.486. The first kappa shape index (κ1) is 11.0. The molecule has 0 nitrogen and oxygen atoms in total. The molecule has 0 heterocycles. The minimum atomic E-state index is 0.486. The molecular weight excluding hydrogens is 180 g/mol. The number of rotatable bonds is 1. The second-order valence-corrected chi connectivity index (χ2v) is 5.90. The van der Waals surface area contributed by atoms with Gasteiger partial charge >= 0.3 is 0 Å². The molecule has 0 radical (unpaired) electrons. The van der Waals surface area contributed by atoms with Crippen molar-refractivity contribution in [3.05, 3.63) is 24.3 Å². The van der Waals surface area contributed by atoms with Gasteiger partial charge in [-0.15, -0.1) is 0 Å². The summed E-state index contributed by atoms with van der Waals surface area (Å²) < 4.78 is 0. The normalized spacial score (nSPS) is 41.1. The van der Waals surface area contributed by atoms with E-state index in [2.05, 4.69) is 27.0 Å². The molecule has 2 fully saturated rings. The molecule has 0 heteroatoms. The van der Waals surface area contributed by atoms with Crippen LogP contribution in [0.5, 0.6) is 0 Å². The summed E-state index contributed by atoms with van der Waals surface area (Å²) in [6.07, 6.45) is 8.10. The predicted octanol–water partition coefficient (Wildman–Crippen LogP) is 4.73. The van der Waals surface area contributed by atoms with E-state index in [1.54, 1.807) is 0 Å². The summed E-state index contributed by atoms with van der Waals surface area (Å²) >= 11 is 0. The van der Waals surface area contributed by atoms with Crippen LogP contribution in [0, 0.1) is 17.3 Å². The van der Waals surface area contributed by atoms with Crippen LogP contribution in [0.15, 0.2) is 24.3 Å². The van der Waals surface area contributed by atoms with Crippen molar-refractivity contribution in [1.82, 2.24) is 0 Å². The van der Waals surface area contributed by atoms with E-state index < -0.39 is 0 Å². The fraction of sp³-hybridized carbons (Fsp3) is 0.733. The molecule has 2 saturated carbocycles. The van der Waals surface area contributed by atoms with Crippen LogP contribution in [-0.4, -0.2) is 0 Å². The van der Waals surface area contributed by atoms with Crippen molar-refractivity contribution in [2.24, 2.45) is 17.3 Å². The van der Waals surface area contributed by atoms with Gasteiger partial charge in [0.25, 0.3) is 0 Å². The van der Waals surface area contributed by atoms with E-state index in [1.807, 2.05) is 0 Å². The van der Waals surface area contributed by atoms with E-state index in [0.29, 0.717) is 5.41 Å². The van der Waals surface area contributed by atoms with Gasteiger partial charge in [-0.25, -0.2) is 0 Å². The van der Waals surface area contributed by atoms with Crippen molar-refractivity contribution in [2.45, 2.75) is 52.4 Å². The Morgan fingerprint density at radius 2 is 2.07 bits per heavy atom. The molecule has 0 bridgehead atoms. The molecule has 0 spiro atoms. The largest absolute Gasteiger partial charge is 0.0998 e. The zero-order chi connectivity index (χ0) is 11.1. The Hall–Kier alpha value is -0.520. The van der Waals surface area contributed by atoms with Crippen LogP contribution in [-0.2, 0) is 0 Å². The zero-order valence-electron chi connectivity index (χ0n) is 10.3. The van der Waals surface area contributed by atoms with Crippen LogP contribution < -0.4 is 0 Å². The molecule has 3 unspecified atom stereocenters. The van der Waals surface area contributed by atoms with Gasteiger partial charge in [-0.1, -0.05) is 37.6 Å². The lowest BCUT2D eigenvalue weighted by molar-refractivity contribution is 0.0530. The quantitative estimate of drug-likeness (QED) is 0.542. The molecule has 2 rings (SSSR count). The van der Waals surface area contributed by atoms with Crippen LogP contribution in [0.2, 0.25) is 0 Å². The highest BCUT2D eigenvalue weighted by Crippen LogP contribution is 2.56. The second kappa shape index (κ2) is 3.81. The van der Waals surface area contributed by atoms with Gasteiger partial charge in [-0.2, -0.15) is 0 Å². The van der Waals surface area contributed by atoms with Crippen LogP contribution in [0.25, 0.3) is 0 Å². The van der Waals surface area contributed by atoms with Crippen molar-refractivity contribution in [1.29, 1.82) is 0 Å². The van der Waals surface area contributed by atoms with Crippen molar-refractivity contribution >= 4 is 0 Å². The first-order valence-electron chi connectivity index (χ1n) is 6.39. The maximum Gasteiger partial charge on any atom is -0.0146 e. The highest BCUT2D eigenvalue weighted by atomic mass is 14.5. The first-order chi connectivity index (χ1) is 7.05. The molecule has 0 N–H and O–H groups in total. The Morgan fingerprint density at radius 1 is 1.33 bits per heavy atom. The summed E-state index contributed by atoms with van der Waals surface area (Å²) in [7, 11) is 0. The predicted molar refractivity (Wildman–Crippen MR) is 66.7 cm³/mol. The summed E-state index contributed by atoms with van der Waals surface area (Å²) in [5.74, 6) is 1.52. The summed E-state index contributed by atoms with van der Waals surface area (Å²) in [4.78, 5) is 0. The monoisotopic (exact) mass is 204 g/mol. The number of hydrogen-bond acceptors (Lipinski definition) is 0. The minimum Gasteiger partial charge on any atom is -0.0998 e. The van der Waals surface area contributed by atoms with Gasteiger partial charge in [0.15, 0.2) is 0 Å². The van der Waals surface area contributed by atoms with E-state index in [-0.39, 0.29) is 0 Å². The van der Waals surface area contributed by atoms with Gasteiger partial charge in [-0.3, -0.25) is 0 Å². The smallest absolute Gasteiger partial charge is 0.0146 e. The van der Waals surface area contributed by atoms with Crippen molar-refractivity contribution in [3.8, 4) is 0 Å². The fourth-order valence-electron chi connectivity index (χ4n) is 4.13. The van der Waals surface area contributed by atoms with Gasteiger partial charge in [0, 0.05) is 0 Å². The molecule has 0 amide bonds. The zero-order valence-corrected chi connectivity index (χ0v) is 10.3. The van der Waals surface area contributed by atoms with Gasteiger partial charge in [0.2, 0.25) is 0 Å². The lowest BCUT2D eigenvalue weighted by atomic mass is 9.53. The number of allylic oxidation sites excluding steroid dienone is 2. The Balaban J connectivity index is 2.30. The van der Waals surface area contributed by atoms with E-state index >= 15 is 0 Å². The third-order valence-corrected chi connectivity index (χ3v) is 4.88. The van der Waals surface area contributed by atoms with Gasteiger partial charge < -0.3 is 0 Å². The molecule has 0 aromatic rings. The maximum absolute atomic E-state index is 4.31. The van der Waals surface area contributed by atoms with Crippen LogP contribution >= 0.6 is 0 Å². The van der Waals surface area contributed by atoms with Crippen LogP contribution in [0.3, 0.4) is 0 Å². The Kier molecular flexibility index (Phi) is 2.79. The average molecular weight is 204 g/mol. The maximum atomic E-state index is 4.31. The van der Waals surface area contributed by atoms with E-state index in [9.17, 15) is 0 Å². The first-order valence-corrected chi connectivity index (χ1v) is 6.39. The fourth-order valence-corrected chi connectivity index (χ4v) is 4.13. The van der Waals surface area contributed by atoms with Gasteiger partial charge in [-0.05, 0) is 56.3 Å². The van der Waals surface area contributed by atoms with E-state index in [4.69, 9.17) is 0 Å². The van der Waals surface area contributed by atoms with Crippen molar-refractivity contribution in [2.75, 3.05) is 0 Å². The molecule has 2 aliphatic carbocycles. The topological polar surface area (TPSA) is 0 Å². The summed E-state index contributed by atoms with van der Waals surface area (Å²) in [6, 6.07) is 0. The van der Waals surface area contributed by atoms with Gasteiger partial charge in [0.1, 0.15) is 0 Å². The standard InChI is InChI=1S/C15H24/c1-11(2)13-8-5-9-14-12(3)7-6-10-15(13,14)4/h13-14H,1,3,5-10H2,2,4H3. The molecule has 3 atom stereocenters. The average Bonchev–Trinajstić information content (AvgIpc) is 2.16. The van der Waals surface area contributed by atoms with Crippen LogP contribution in [0.1, 0.15) is 52.4 Å². The Labute approximate surface area is 94.5 Å². The summed E-state index contributed by atoms with van der Waals surface area (Å²) in [6.45, 7) is 13.2. The second-order valence-electron chi connectivity index (χ2n) is 5.90. The molecular formula is C15H24. The van der Waals surface area contributed by atoms with Crippen LogP contribution in [0.4, 0.5) is 0 Å². The SMILES string of the molecule is C=C(C)C1CCCC2C(=C)CCCC12C. The number of fused-ring (bicyclic) bond motifs is 1. The lowest BCUT2D eigenvalue weighted by Gasteiger charge is -2.52. The lowest BCUT2D eigenvalue weighted by Crippen LogP contribution is -2.42. The number of hydrogen-bond donors (Lipinski definition) is 0. The molecule has 84 valence electrons. The van der Waals surface area contributed by atoms with Gasteiger partial charge in [0.05, 0.1) is 0 Å². The molecule has 0 aliphatic heterocycles. The molecule has 0 saturated heterocycles. The highest BCUT2D eigenvalue weighted by Gasteiger charge is 2.46. The molecule has 0 aromatic heterocycles. The summed E-state index contributed by atoms with van der Waals surface area (Å²) in [5.41, 5.74) is 3.41. The third kappa shape index (κ3) is 1.68. The van der Waals surface area contributed by atoms with Crippen molar-refractivity contribution < 1.29 is 0 Å². The van der Waals surface area contributed by atoms with Crippen molar-refractivity contribution in [3.63, 3.8) is 0 Å². The van der Waals surface area contributed by atoms with E-state index in [0.717, 1.165) is 11.8 Å².